The van der Waals surface area contributed by atoms with E-state index in [-0.39, 0.29) is 11.6 Å². The Morgan fingerprint density at radius 1 is 1.25 bits per heavy atom. The molecule has 2 N–H and O–H groups in total. The molecular formula is C21H37N5O2. The van der Waals surface area contributed by atoms with Crippen LogP contribution in [0.4, 0.5) is 0 Å². The van der Waals surface area contributed by atoms with Crippen LogP contribution < -0.4 is 10.6 Å². The highest BCUT2D eigenvalue weighted by Gasteiger charge is 2.34. The maximum absolute atomic E-state index is 5.74. The van der Waals surface area contributed by atoms with Crippen molar-refractivity contribution in [1.82, 2.24) is 20.4 Å². The first kappa shape index (κ1) is 21.1. The Labute approximate surface area is 169 Å². The number of likely N-dealkylation sites (N-methyl/N-ethyl adjacent to an activating group) is 1. The van der Waals surface area contributed by atoms with Crippen molar-refractivity contribution in [2.24, 2.45) is 4.99 Å². The van der Waals surface area contributed by atoms with Gasteiger partial charge in [0.1, 0.15) is 5.76 Å². The van der Waals surface area contributed by atoms with Crippen LogP contribution in [0.1, 0.15) is 44.4 Å². The third-order valence-corrected chi connectivity index (χ3v) is 6.16. The monoisotopic (exact) mass is 391 g/mol. The molecule has 0 spiro atoms. The van der Waals surface area contributed by atoms with Gasteiger partial charge in [0.15, 0.2) is 5.96 Å². The largest absolute Gasteiger partial charge is 0.468 e. The van der Waals surface area contributed by atoms with Gasteiger partial charge in [0, 0.05) is 31.8 Å². The molecule has 2 aliphatic heterocycles. The molecule has 0 amide bonds. The van der Waals surface area contributed by atoms with Crippen LogP contribution in [0.5, 0.6) is 0 Å². The number of rotatable bonds is 8. The zero-order valence-electron chi connectivity index (χ0n) is 17.7. The van der Waals surface area contributed by atoms with Crippen molar-refractivity contribution < 1.29 is 9.15 Å². The zero-order valence-corrected chi connectivity index (χ0v) is 17.7. The van der Waals surface area contributed by atoms with Crippen LogP contribution in [0.2, 0.25) is 0 Å². The molecule has 158 valence electrons. The molecule has 1 unspecified atom stereocenters. The fourth-order valence-corrected chi connectivity index (χ4v) is 4.20. The van der Waals surface area contributed by atoms with E-state index in [1.807, 2.05) is 6.07 Å². The van der Waals surface area contributed by atoms with Crippen LogP contribution in [0.3, 0.4) is 0 Å². The Morgan fingerprint density at radius 3 is 2.61 bits per heavy atom. The number of aliphatic imine (C=N–C) groups is 1. The number of guanidine groups is 1. The first-order valence-electron chi connectivity index (χ1n) is 10.7. The van der Waals surface area contributed by atoms with E-state index in [1.165, 1.54) is 12.8 Å². The normalized spacial score (nSPS) is 21.8. The average molecular weight is 392 g/mol. The van der Waals surface area contributed by atoms with Gasteiger partial charge in [0.2, 0.25) is 0 Å². The van der Waals surface area contributed by atoms with Gasteiger partial charge in [0.05, 0.1) is 18.8 Å². The van der Waals surface area contributed by atoms with E-state index in [9.17, 15) is 0 Å². The third-order valence-electron chi connectivity index (χ3n) is 6.16. The van der Waals surface area contributed by atoms with Crippen LogP contribution in [-0.2, 0) is 4.74 Å². The van der Waals surface area contributed by atoms with E-state index in [2.05, 4.69) is 47.5 Å². The maximum Gasteiger partial charge on any atom is 0.191 e. The van der Waals surface area contributed by atoms with Crippen molar-refractivity contribution in [2.75, 3.05) is 60.0 Å². The SMILES string of the molecule is CCNC(=NCC1(N(C)C)CCOCC1)NCC(c1ccco1)N1CCCC1. The number of nitrogens with one attached hydrogen (secondary N) is 2. The Kier molecular flexibility index (Phi) is 7.76. The quantitative estimate of drug-likeness (QED) is 0.523. The van der Waals surface area contributed by atoms with Gasteiger partial charge >= 0.3 is 0 Å². The molecule has 3 rings (SSSR count). The lowest BCUT2D eigenvalue weighted by Gasteiger charge is -2.41. The summed E-state index contributed by atoms with van der Waals surface area (Å²) in [4.78, 5) is 9.79. The predicted molar refractivity (Wildman–Crippen MR) is 113 cm³/mol. The van der Waals surface area contributed by atoms with Gasteiger partial charge in [-0.2, -0.15) is 0 Å². The number of nitrogens with zero attached hydrogens (tertiary/aromatic N) is 3. The van der Waals surface area contributed by atoms with E-state index in [0.29, 0.717) is 0 Å². The van der Waals surface area contributed by atoms with Crippen LogP contribution >= 0.6 is 0 Å². The smallest absolute Gasteiger partial charge is 0.191 e. The fraction of sp³-hybridized carbons (Fsp3) is 0.762. The molecule has 1 aromatic heterocycles. The van der Waals surface area contributed by atoms with Crippen molar-refractivity contribution in [1.29, 1.82) is 0 Å². The van der Waals surface area contributed by atoms with E-state index >= 15 is 0 Å². The van der Waals surface area contributed by atoms with Crippen molar-refractivity contribution >= 4 is 5.96 Å². The molecule has 0 bridgehead atoms. The summed E-state index contributed by atoms with van der Waals surface area (Å²) in [6, 6.07) is 4.30. The Balaban J connectivity index is 1.66. The summed E-state index contributed by atoms with van der Waals surface area (Å²) in [5.74, 6) is 1.91. The van der Waals surface area contributed by atoms with Crippen molar-refractivity contribution in [3.63, 3.8) is 0 Å². The molecule has 3 heterocycles. The molecular weight excluding hydrogens is 354 g/mol. The maximum atomic E-state index is 5.74. The van der Waals surface area contributed by atoms with Crippen LogP contribution in [0.25, 0.3) is 0 Å². The molecule has 0 aromatic carbocycles. The number of furan rings is 1. The van der Waals surface area contributed by atoms with Gasteiger partial charge in [0.25, 0.3) is 0 Å². The van der Waals surface area contributed by atoms with Crippen LogP contribution in [0.15, 0.2) is 27.8 Å². The number of hydrogen-bond donors (Lipinski definition) is 2. The average Bonchev–Trinajstić information content (AvgIpc) is 3.41. The van der Waals surface area contributed by atoms with Crippen molar-refractivity contribution in [3.8, 4) is 0 Å². The molecule has 0 aliphatic carbocycles. The molecule has 2 fully saturated rings. The Hall–Kier alpha value is -1.57. The first-order valence-corrected chi connectivity index (χ1v) is 10.7. The van der Waals surface area contributed by atoms with Crippen LogP contribution in [-0.4, -0.2) is 81.3 Å². The van der Waals surface area contributed by atoms with Gasteiger partial charge in [-0.3, -0.25) is 9.89 Å². The molecule has 0 radical (unpaired) electrons. The van der Waals surface area contributed by atoms with Gasteiger partial charge in [-0.05, 0) is 71.9 Å². The summed E-state index contributed by atoms with van der Waals surface area (Å²) >= 11 is 0. The summed E-state index contributed by atoms with van der Waals surface area (Å²) in [7, 11) is 4.31. The molecule has 2 saturated heterocycles. The summed E-state index contributed by atoms with van der Waals surface area (Å²) in [6.45, 7) is 8.40. The standard InChI is InChI=1S/C21H37N5O2/c1-4-22-20(24-17-21(25(2)3)9-14-27-15-10-21)23-16-18(19-8-7-13-28-19)26-11-5-6-12-26/h7-8,13,18H,4-6,9-12,14-17H2,1-3H3,(H2,22,23,24). The number of ether oxygens (including phenoxy) is 1. The second-order valence-corrected chi connectivity index (χ2v) is 8.08. The van der Waals surface area contributed by atoms with Gasteiger partial charge < -0.3 is 24.7 Å². The van der Waals surface area contributed by atoms with Crippen molar-refractivity contribution in [3.05, 3.63) is 24.2 Å². The molecule has 0 saturated carbocycles. The van der Waals surface area contributed by atoms with E-state index in [1.54, 1.807) is 6.26 Å². The van der Waals surface area contributed by atoms with E-state index in [0.717, 1.165) is 70.5 Å². The lowest BCUT2D eigenvalue weighted by molar-refractivity contribution is -0.00255. The molecule has 2 aliphatic rings. The molecule has 1 atom stereocenters. The highest BCUT2D eigenvalue weighted by atomic mass is 16.5. The van der Waals surface area contributed by atoms with Gasteiger partial charge in [-0.15, -0.1) is 0 Å². The summed E-state index contributed by atoms with van der Waals surface area (Å²) in [5.41, 5.74) is 0.0793. The molecule has 1 aromatic rings. The molecule has 7 nitrogen and oxygen atoms in total. The first-order chi connectivity index (χ1) is 13.6. The second kappa shape index (κ2) is 10.3. The molecule has 7 heteroatoms. The topological polar surface area (TPSA) is 65.3 Å². The number of hydrogen-bond acceptors (Lipinski definition) is 5. The predicted octanol–water partition coefficient (Wildman–Crippen LogP) is 2.08. The van der Waals surface area contributed by atoms with Crippen LogP contribution in [0, 0.1) is 0 Å². The minimum Gasteiger partial charge on any atom is -0.468 e. The highest BCUT2D eigenvalue weighted by molar-refractivity contribution is 5.79. The van der Waals surface area contributed by atoms with E-state index in [4.69, 9.17) is 14.1 Å². The lowest BCUT2D eigenvalue weighted by atomic mass is 9.89. The third kappa shape index (κ3) is 5.27. The summed E-state index contributed by atoms with van der Waals surface area (Å²) in [6.07, 6.45) is 6.33. The zero-order chi connectivity index (χ0) is 19.8. The highest BCUT2D eigenvalue weighted by Crippen LogP contribution is 2.27. The summed E-state index contributed by atoms with van der Waals surface area (Å²) in [5, 5.41) is 6.98. The fourth-order valence-electron chi connectivity index (χ4n) is 4.20. The minimum atomic E-state index is 0.0793. The van der Waals surface area contributed by atoms with Crippen molar-refractivity contribution in [2.45, 2.75) is 44.2 Å². The van der Waals surface area contributed by atoms with E-state index < -0.39 is 0 Å². The Morgan fingerprint density at radius 2 is 2.00 bits per heavy atom. The Bertz CT molecular complexity index is 590. The minimum absolute atomic E-state index is 0.0793. The lowest BCUT2D eigenvalue weighted by Crippen LogP contribution is -2.52. The van der Waals surface area contributed by atoms with Gasteiger partial charge in [-0.25, -0.2) is 0 Å². The summed E-state index contributed by atoms with van der Waals surface area (Å²) < 4.78 is 11.3. The molecule has 28 heavy (non-hydrogen) atoms. The second-order valence-electron chi connectivity index (χ2n) is 8.08. The van der Waals surface area contributed by atoms with Gasteiger partial charge in [-0.1, -0.05) is 0 Å². The number of likely N-dealkylation sites (tertiary alicyclic amines) is 1.